The highest BCUT2D eigenvalue weighted by Gasteiger charge is 2.01. The summed E-state index contributed by atoms with van der Waals surface area (Å²) >= 11 is 1.75. The van der Waals surface area contributed by atoms with E-state index in [1.165, 1.54) is 21.2 Å². The molecule has 0 unspecified atom stereocenters. The second-order valence-electron chi connectivity index (χ2n) is 4.01. The van der Waals surface area contributed by atoms with Gasteiger partial charge in [0.15, 0.2) is 0 Å². The summed E-state index contributed by atoms with van der Waals surface area (Å²) < 4.78 is 0. The van der Waals surface area contributed by atoms with E-state index in [9.17, 15) is 0 Å². The van der Waals surface area contributed by atoms with Gasteiger partial charge in [-0.1, -0.05) is 54.6 Å². The first-order valence-corrected chi connectivity index (χ1v) is 6.76. The molecule has 2 heteroatoms. The summed E-state index contributed by atoms with van der Waals surface area (Å²) in [5.74, 6) is 0. The minimum atomic E-state index is 1.22. The zero-order chi connectivity index (χ0) is 12.2. The van der Waals surface area contributed by atoms with Crippen LogP contribution in [0.2, 0.25) is 0 Å². The molecule has 0 aliphatic heterocycles. The summed E-state index contributed by atoms with van der Waals surface area (Å²) in [7, 11) is 0. The third kappa shape index (κ3) is 2.15. The molecule has 3 rings (SSSR count). The lowest BCUT2D eigenvalue weighted by Gasteiger charge is -2.03. The van der Waals surface area contributed by atoms with Gasteiger partial charge < -0.3 is 4.98 Å². The van der Waals surface area contributed by atoms with E-state index in [-0.39, 0.29) is 0 Å². The van der Waals surface area contributed by atoms with Crippen LogP contribution in [0.25, 0.3) is 21.2 Å². The molecule has 1 heterocycles. The molecule has 88 valence electrons. The largest absolute Gasteiger partial charge is 0.366 e. The molecule has 0 spiro atoms. The fourth-order valence-corrected chi connectivity index (χ4v) is 2.85. The van der Waals surface area contributed by atoms with Crippen molar-refractivity contribution in [2.45, 2.75) is 0 Å². The SMILES string of the molecule is c1ccc(-c2scc[nH]cc3ccccc23)cc1. The van der Waals surface area contributed by atoms with Gasteiger partial charge in [-0.25, -0.2) is 0 Å². The van der Waals surface area contributed by atoms with Crippen LogP contribution in [0.5, 0.6) is 0 Å². The van der Waals surface area contributed by atoms with Crippen molar-refractivity contribution < 1.29 is 0 Å². The number of fused-ring (bicyclic) bond motifs is 1. The molecular weight excluding hydrogens is 238 g/mol. The van der Waals surface area contributed by atoms with Gasteiger partial charge in [0.25, 0.3) is 0 Å². The van der Waals surface area contributed by atoms with Crippen molar-refractivity contribution in [2.75, 3.05) is 0 Å². The van der Waals surface area contributed by atoms with E-state index in [0.29, 0.717) is 0 Å². The van der Waals surface area contributed by atoms with Crippen LogP contribution in [0.15, 0.2) is 72.4 Å². The highest BCUT2D eigenvalue weighted by atomic mass is 32.1. The predicted octanol–water partition coefficient (Wildman–Crippen LogP) is 5.02. The molecule has 1 aromatic heterocycles. The molecule has 0 atom stereocenters. The maximum Gasteiger partial charge on any atom is 0.0421 e. The fraction of sp³-hybridized carbons (Fsp3) is 0. The average molecular weight is 251 g/mol. The van der Waals surface area contributed by atoms with Crippen molar-refractivity contribution in [3.05, 3.63) is 72.4 Å². The third-order valence-corrected chi connectivity index (χ3v) is 3.79. The first-order valence-electron chi connectivity index (χ1n) is 5.88. The molecule has 1 N–H and O–H groups in total. The first kappa shape index (κ1) is 11.1. The second kappa shape index (κ2) is 5.07. The molecule has 3 aromatic rings. The maximum absolute atomic E-state index is 3.18. The molecule has 0 aliphatic rings. The van der Waals surface area contributed by atoms with Crippen molar-refractivity contribution in [1.29, 1.82) is 0 Å². The Morgan fingerprint density at radius 3 is 2.50 bits per heavy atom. The smallest absolute Gasteiger partial charge is 0.0421 e. The minimum Gasteiger partial charge on any atom is -0.366 e. The standard InChI is InChI=1S/C16H13NS/c1-2-6-13(7-3-1)16-15-9-5-4-8-14(15)12-17-10-11-18-16/h1-12,17H. The van der Waals surface area contributed by atoms with E-state index in [4.69, 9.17) is 0 Å². The van der Waals surface area contributed by atoms with Crippen molar-refractivity contribution in [1.82, 2.24) is 4.98 Å². The Labute approximate surface area is 110 Å². The maximum atomic E-state index is 3.18. The van der Waals surface area contributed by atoms with Crippen LogP contribution in [0, 0.1) is 0 Å². The van der Waals surface area contributed by atoms with E-state index in [2.05, 4.69) is 58.9 Å². The van der Waals surface area contributed by atoms with Gasteiger partial charge in [-0.2, -0.15) is 0 Å². The number of aromatic amines is 1. The lowest BCUT2D eigenvalue weighted by atomic mass is 10.1. The van der Waals surface area contributed by atoms with Crippen molar-refractivity contribution in [3.63, 3.8) is 0 Å². The zero-order valence-corrected chi connectivity index (χ0v) is 10.7. The van der Waals surface area contributed by atoms with E-state index in [0.717, 1.165) is 0 Å². The molecule has 0 bridgehead atoms. The Morgan fingerprint density at radius 1 is 0.833 bits per heavy atom. The van der Waals surface area contributed by atoms with Crippen LogP contribution in [-0.4, -0.2) is 4.98 Å². The highest BCUT2D eigenvalue weighted by Crippen LogP contribution is 2.29. The molecule has 1 nitrogen and oxygen atoms in total. The summed E-state index contributed by atoms with van der Waals surface area (Å²) in [4.78, 5) is 4.47. The number of hydrogen-bond acceptors (Lipinski definition) is 1. The number of benzene rings is 2. The van der Waals surface area contributed by atoms with Crippen molar-refractivity contribution in [2.24, 2.45) is 0 Å². The van der Waals surface area contributed by atoms with Crippen LogP contribution < -0.4 is 0 Å². The molecule has 0 aliphatic carbocycles. The Hall–Kier alpha value is -2.06. The Kier molecular flexibility index (Phi) is 3.11. The van der Waals surface area contributed by atoms with Gasteiger partial charge in [0.05, 0.1) is 0 Å². The Bertz CT molecular complexity index is 693. The molecule has 0 saturated heterocycles. The van der Waals surface area contributed by atoms with Crippen LogP contribution in [0.4, 0.5) is 0 Å². The van der Waals surface area contributed by atoms with E-state index >= 15 is 0 Å². The van der Waals surface area contributed by atoms with Crippen LogP contribution >= 0.6 is 11.3 Å². The highest BCUT2D eigenvalue weighted by molar-refractivity contribution is 7.13. The van der Waals surface area contributed by atoms with Crippen molar-refractivity contribution in [3.8, 4) is 10.4 Å². The Balaban J connectivity index is 2.39. The number of rotatable bonds is 1. The van der Waals surface area contributed by atoms with Gasteiger partial charge >= 0.3 is 0 Å². The molecule has 0 radical (unpaired) electrons. The van der Waals surface area contributed by atoms with Gasteiger partial charge in [0, 0.05) is 28.0 Å². The van der Waals surface area contributed by atoms with Gasteiger partial charge in [-0.3, -0.25) is 0 Å². The minimum absolute atomic E-state index is 1.22. The number of hydrogen-bond donors (Lipinski definition) is 1. The third-order valence-electron chi connectivity index (χ3n) is 2.83. The lowest BCUT2D eigenvalue weighted by molar-refractivity contribution is 1.38. The van der Waals surface area contributed by atoms with Gasteiger partial charge in [0.2, 0.25) is 0 Å². The lowest BCUT2D eigenvalue weighted by Crippen LogP contribution is -1.77. The van der Waals surface area contributed by atoms with Crippen LogP contribution in [0.1, 0.15) is 0 Å². The normalized spacial score (nSPS) is 10.2. The van der Waals surface area contributed by atoms with Crippen LogP contribution in [-0.2, 0) is 0 Å². The average Bonchev–Trinajstić information content (AvgIpc) is 2.41. The number of nitrogens with one attached hydrogen (secondary N) is 1. The predicted molar refractivity (Wildman–Crippen MR) is 79.2 cm³/mol. The fourth-order valence-electron chi connectivity index (χ4n) is 1.99. The molecule has 0 fully saturated rings. The molecule has 0 saturated carbocycles. The first-order chi connectivity index (χ1) is 8.95. The van der Waals surface area contributed by atoms with Crippen LogP contribution in [0.3, 0.4) is 0 Å². The van der Waals surface area contributed by atoms with E-state index in [1.807, 2.05) is 18.5 Å². The summed E-state index contributed by atoms with van der Waals surface area (Å²) in [6.45, 7) is 0. The molecule has 18 heavy (non-hydrogen) atoms. The second-order valence-corrected chi connectivity index (χ2v) is 4.93. The van der Waals surface area contributed by atoms with Gasteiger partial charge in [0.1, 0.15) is 0 Å². The van der Waals surface area contributed by atoms with E-state index in [1.54, 1.807) is 11.3 Å². The number of aromatic nitrogens is 1. The summed E-state index contributed by atoms with van der Waals surface area (Å²) in [5.41, 5.74) is 1.26. The van der Waals surface area contributed by atoms with Gasteiger partial charge in [-0.15, -0.1) is 11.3 Å². The summed E-state index contributed by atoms with van der Waals surface area (Å²) in [5, 5.41) is 4.56. The monoisotopic (exact) mass is 251 g/mol. The summed E-state index contributed by atoms with van der Waals surface area (Å²) in [6.07, 6.45) is 4.00. The zero-order valence-electron chi connectivity index (χ0n) is 9.84. The molecule has 0 amide bonds. The number of H-pyrrole nitrogens is 1. The Morgan fingerprint density at radius 2 is 1.61 bits per heavy atom. The van der Waals surface area contributed by atoms with Crippen molar-refractivity contribution >= 4 is 22.1 Å². The molecule has 2 aromatic carbocycles. The molecular formula is C16H13NS. The van der Waals surface area contributed by atoms with E-state index < -0.39 is 0 Å². The van der Waals surface area contributed by atoms with Gasteiger partial charge in [-0.05, 0) is 10.9 Å². The summed E-state index contributed by atoms with van der Waals surface area (Å²) in [6, 6.07) is 19.0. The quantitative estimate of drug-likeness (QED) is 0.625. The topological polar surface area (TPSA) is 15.8 Å².